The molecule has 1 unspecified atom stereocenters. The second kappa shape index (κ2) is 7.97. The molecule has 0 heterocycles. The Hall–Kier alpha value is -2.62. The molecule has 1 atom stereocenters. The first kappa shape index (κ1) is 17.2. The van der Waals surface area contributed by atoms with E-state index in [0.29, 0.717) is 6.61 Å². The van der Waals surface area contributed by atoms with Gasteiger partial charge in [0.05, 0.1) is 12.6 Å². The topological polar surface area (TPSA) is 55.5 Å². The number of benzene rings is 3. The van der Waals surface area contributed by atoms with Crippen molar-refractivity contribution in [2.45, 2.75) is 19.6 Å². The molecule has 3 nitrogen and oxygen atoms in total. The summed E-state index contributed by atoms with van der Waals surface area (Å²) in [4.78, 5) is 0. The summed E-state index contributed by atoms with van der Waals surface area (Å²) in [7, 11) is 0. The van der Waals surface area contributed by atoms with Gasteiger partial charge in [-0.05, 0) is 52.9 Å². The summed E-state index contributed by atoms with van der Waals surface area (Å²) in [5.74, 6) is 0.861. The average Bonchev–Trinajstić information content (AvgIpc) is 2.67. The van der Waals surface area contributed by atoms with Crippen LogP contribution in [0.5, 0.6) is 5.75 Å². The quantitative estimate of drug-likeness (QED) is 0.709. The van der Waals surface area contributed by atoms with E-state index in [4.69, 9.17) is 10.5 Å². The highest BCUT2D eigenvalue weighted by Crippen LogP contribution is 2.29. The monoisotopic (exact) mass is 333 g/mol. The van der Waals surface area contributed by atoms with E-state index in [1.807, 2.05) is 55.5 Å². The molecular weight excluding hydrogens is 310 g/mol. The Bertz CT molecular complexity index is 830. The van der Waals surface area contributed by atoms with Crippen molar-refractivity contribution in [1.29, 1.82) is 0 Å². The first-order valence-corrected chi connectivity index (χ1v) is 8.42. The Morgan fingerprint density at radius 1 is 0.960 bits per heavy atom. The molecule has 3 N–H and O–H groups in total. The Morgan fingerprint density at radius 3 is 2.48 bits per heavy atom. The Balaban J connectivity index is 1.84. The van der Waals surface area contributed by atoms with E-state index in [2.05, 4.69) is 24.3 Å². The first-order valence-electron chi connectivity index (χ1n) is 8.42. The molecule has 0 saturated heterocycles. The van der Waals surface area contributed by atoms with Crippen LogP contribution in [0.25, 0.3) is 11.1 Å². The van der Waals surface area contributed by atoms with Crippen LogP contribution in [0, 0.1) is 6.92 Å². The smallest absolute Gasteiger partial charge is 0.119 e. The largest absolute Gasteiger partial charge is 0.489 e. The van der Waals surface area contributed by atoms with Gasteiger partial charge in [0, 0.05) is 0 Å². The number of ether oxygens (including phenoxy) is 1. The number of para-hydroxylation sites is 1. The molecule has 3 heteroatoms. The molecule has 25 heavy (non-hydrogen) atoms. The van der Waals surface area contributed by atoms with Crippen molar-refractivity contribution in [3.05, 3.63) is 89.5 Å². The normalized spacial score (nSPS) is 12.0. The Kier molecular flexibility index (Phi) is 5.49. The predicted molar refractivity (Wildman–Crippen MR) is 101 cm³/mol. The number of rotatable bonds is 6. The lowest BCUT2D eigenvalue weighted by Gasteiger charge is -2.16. The molecule has 0 fully saturated rings. The maximum atomic E-state index is 9.35. The van der Waals surface area contributed by atoms with E-state index in [-0.39, 0.29) is 12.6 Å². The molecule has 0 aliphatic rings. The van der Waals surface area contributed by atoms with Crippen LogP contribution >= 0.6 is 0 Å². The zero-order valence-electron chi connectivity index (χ0n) is 14.4. The summed E-state index contributed by atoms with van der Waals surface area (Å²) in [6, 6.07) is 23.8. The van der Waals surface area contributed by atoms with E-state index in [1.54, 1.807) is 0 Å². The summed E-state index contributed by atoms with van der Waals surface area (Å²) in [5, 5.41) is 9.35. The predicted octanol–water partition coefficient (Wildman–Crippen LogP) is 4.23. The van der Waals surface area contributed by atoms with Crippen molar-refractivity contribution in [2.75, 3.05) is 6.61 Å². The first-order chi connectivity index (χ1) is 12.2. The molecule has 0 bridgehead atoms. The van der Waals surface area contributed by atoms with Gasteiger partial charge in [-0.25, -0.2) is 0 Å². The van der Waals surface area contributed by atoms with Gasteiger partial charge in [-0.1, -0.05) is 54.6 Å². The van der Waals surface area contributed by atoms with Crippen LogP contribution in [0.3, 0.4) is 0 Å². The zero-order valence-corrected chi connectivity index (χ0v) is 14.4. The number of hydrogen-bond donors (Lipinski definition) is 2. The van der Waals surface area contributed by atoms with E-state index >= 15 is 0 Å². The Morgan fingerprint density at radius 2 is 1.72 bits per heavy atom. The van der Waals surface area contributed by atoms with Crippen LogP contribution in [0.1, 0.15) is 22.7 Å². The van der Waals surface area contributed by atoms with Gasteiger partial charge in [0.25, 0.3) is 0 Å². The maximum absolute atomic E-state index is 9.35. The summed E-state index contributed by atoms with van der Waals surface area (Å²) >= 11 is 0. The lowest BCUT2D eigenvalue weighted by Crippen LogP contribution is -2.16. The third-order valence-corrected chi connectivity index (χ3v) is 4.36. The van der Waals surface area contributed by atoms with Gasteiger partial charge in [-0.3, -0.25) is 0 Å². The molecule has 3 aromatic rings. The maximum Gasteiger partial charge on any atom is 0.119 e. The number of nitrogens with two attached hydrogens (primary N) is 1. The number of aliphatic hydroxyl groups is 1. The molecule has 128 valence electrons. The van der Waals surface area contributed by atoms with Crippen molar-refractivity contribution in [3.63, 3.8) is 0 Å². The molecule has 0 aromatic heterocycles. The molecule has 0 amide bonds. The van der Waals surface area contributed by atoms with Crippen LogP contribution in [-0.2, 0) is 6.61 Å². The highest BCUT2D eigenvalue weighted by atomic mass is 16.5. The molecule has 0 aliphatic carbocycles. The number of hydrogen-bond acceptors (Lipinski definition) is 3. The minimum absolute atomic E-state index is 0.0603. The molecule has 3 rings (SSSR count). The molecule has 0 spiro atoms. The average molecular weight is 333 g/mol. The van der Waals surface area contributed by atoms with Gasteiger partial charge < -0.3 is 15.6 Å². The van der Waals surface area contributed by atoms with Gasteiger partial charge in [0.1, 0.15) is 12.4 Å². The SMILES string of the molecule is Cc1c(-c2cccc(COc3ccccc3)c2)cccc1C(N)CO. The van der Waals surface area contributed by atoms with Gasteiger partial charge in [0.15, 0.2) is 0 Å². The highest BCUT2D eigenvalue weighted by Gasteiger charge is 2.12. The van der Waals surface area contributed by atoms with Crippen molar-refractivity contribution >= 4 is 0 Å². The standard InChI is InChI=1S/C22H23NO2/c1-16-20(11-6-12-21(16)22(23)14-24)18-8-5-7-17(13-18)15-25-19-9-3-2-4-10-19/h2-13,22,24H,14-15,23H2,1H3. The van der Waals surface area contributed by atoms with E-state index < -0.39 is 0 Å². The van der Waals surface area contributed by atoms with Crippen LogP contribution in [0.4, 0.5) is 0 Å². The van der Waals surface area contributed by atoms with Crippen molar-refractivity contribution < 1.29 is 9.84 Å². The van der Waals surface area contributed by atoms with Crippen LogP contribution in [-0.4, -0.2) is 11.7 Å². The fourth-order valence-electron chi connectivity index (χ4n) is 2.98. The lowest BCUT2D eigenvalue weighted by molar-refractivity contribution is 0.267. The van der Waals surface area contributed by atoms with Crippen molar-refractivity contribution in [1.82, 2.24) is 0 Å². The Labute approximate surface area is 148 Å². The van der Waals surface area contributed by atoms with Crippen molar-refractivity contribution in [2.24, 2.45) is 5.73 Å². The zero-order chi connectivity index (χ0) is 17.6. The summed E-state index contributed by atoms with van der Waals surface area (Å²) < 4.78 is 5.84. The summed E-state index contributed by atoms with van der Waals surface area (Å²) in [5.41, 5.74) is 11.5. The van der Waals surface area contributed by atoms with Crippen LogP contribution in [0.2, 0.25) is 0 Å². The molecule has 3 aromatic carbocycles. The fourth-order valence-corrected chi connectivity index (χ4v) is 2.98. The third kappa shape index (κ3) is 4.08. The second-order valence-electron chi connectivity index (χ2n) is 6.11. The van der Waals surface area contributed by atoms with Crippen molar-refractivity contribution in [3.8, 4) is 16.9 Å². The van der Waals surface area contributed by atoms with Crippen LogP contribution < -0.4 is 10.5 Å². The minimum Gasteiger partial charge on any atom is -0.489 e. The van der Waals surface area contributed by atoms with E-state index in [9.17, 15) is 5.11 Å². The molecular formula is C22H23NO2. The second-order valence-corrected chi connectivity index (χ2v) is 6.11. The molecule has 0 radical (unpaired) electrons. The van der Waals surface area contributed by atoms with Gasteiger partial charge in [-0.15, -0.1) is 0 Å². The van der Waals surface area contributed by atoms with Gasteiger partial charge in [0.2, 0.25) is 0 Å². The van der Waals surface area contributed by atoms with Gasteiger partial charge >= 0.3 is 0 Å². The third-order valence-electron chi connectivity index (χ3n) is 4.36. The lowest BCUT2D eigenvalue weighted by atomic mass is 9.93. The van der Waals surface area contributed by atoms with E-state index in [1.165, 1.54) is 0 Å². The van der Waals surface area contributed by atoms with Gasteiger partial charge in [-0.2, -0.15) is 0 Å². The molecule has 0 saturated carbocycles. The minimum atomic E-state index is -0.357. The number of aliphatic hydroxyl groups excluding tert-OH is 1. The fraction of sp³-hybridized carbons (Fsp3) is 0.182. The summed E-state index contributed by atoms with van der Waals surface area (Å²) in [6.45, 7) is 2.51. The van der Waals surface area contributed by atoms with Crippen LogP contribution in [0.15, 0.2) is 72.8 Å². The summed E-state index contributed by atoms with van der Waals surface area (Å²) in [6.07, 6.45) is 0. The highest BCUT2D eigenvalue weighted by molar-refractivity contribution is 5.69. The molecule has 0 aliphatic heterocycles. The van der Waals surface area contributed by atoms with E-state index in [0.717, 1.165) is 33.6 Å².